The summed E-state index contributed by atoms with van der Waals surface area (Å²) in [5.74, 6) is -0.820. The lowest BCUT2D eigenvalue weighted by Crippen LogP contribution is -2.14. The van der Waals surface area contributed by atoms with Crippen LogP contribution in [0.15, 0.2) is 47.4 Å². The Balaban J connectivity index is 2.27. The Morgan fingerprint density at radius 1 is 1.14 bits per heavy atom. The molecule has 112 valence electrons. The molecule has 21 heavy (non-hydrogen) atoms. The summed E-state index contributed by atoms with van der Waals surface area (Å²) < 4.78 is 40.2. The highest BCUT2D eigenvalue weighted by Crippen LogP contribution is 2.24. The van der Waals surface area contributed by atoms with Gasteiger partial charge < -0.3 is 5.11 Å². The number of nitrogens with one attached hydrogen (secondary N) is 1. The van der Waals surface area contributed by atoms with Gasteiger partial charge >= 0.3 is 0 Å². The summed E-state index contributed by atoms with van der Waals surface area (Å²) in [6.45, 7) is -0.0158. The minimum Gasteiger partial charge on any atom is -0.396 e. The van der Waals surface area contributed by atoms with Crippen LogP contribution in [0.25, 0.3) is 0 Å². The lowest BCUT2D eigenvalue weighted by atomic mass is 10.2. The molecule has 0 radical (unpaired) electrons. The van der Waals surface area contributed by atoms with Crippen molar-refractivity contribution < 1.29 is 17.9 Å². The lowest BCUT2D eigenvalue weighted by molar-refractivity contribution is 0.299. The van der Waals surface area contributed by atoms with E-state index in [1.807, 2.05) is 0 Å². The Morgan fingerprint density at radius 3 is 2.43 bits per heavy atom. The average Bonchev–Trinajstić information content (AvgIpc) is 2.45. The fraction of sp³-hybridized carbons (Fsp3) is 0.143. The fourth-order valence-electron chi connectivity index (χ4n) is 1.75. The van der Waals surface area contributed by atoms with E-state index < -0.39 is 15.8 Å². The van der Waals surface area contributed by atoms with Crippen molar-refractivity contribution in [3.8, 4) is 0 Å². The van der Waals surface area contributed by atoms with Crippen molar-refractivity contribution in [1.82, 2.24) is 0 Å². The van der Waals surface area contributed by atoms with Crippen molar-refractivity contribution in [2.24, 2.45) is 0 Å². The number of aliphatic hydroxyl groups excluding tert-OH is 1. The Bertz CT molecular complexity index is 732. The molecule has 0 atom stereocenters. The summed E-state index contributed by atoms with van der Waals surface area (Å²) >= 11 is 5.61. The molecule has 0 amide bonds. The monoisotopic (exact) mass is 329 g/mol. The lowest BCUT2D eigenvalue weighted by Gasteiger charge is -2.10. The van der Waals surface area contributed by atoms with Gasteiger partial charge in [0.1, 0.15) is 0 Å². The van der Waals surface area contributed by atoms with Crippen LogP contribution in [0.2, 0.25) is 5.02 Å². The van der Waals surface area contributed by atoms with Crippen LogP contribution < -0.4 is 4.72 Å². The minimum atomic E-state index is -3.90. The van der Waals surface area contributed by atoms with E-state index in [1.165, 1.54) is 30.3 Å². The highest BCUT2D eigenvalue weighted by Gasteiger charge is 2.17. The molecule has 0 aliphatic carbocycles. The fourth-order valence-corrected chi connectivity index (χ4v) is 2.98. The molecule has 0 saturated carbocycles. The molecular formula is C14H13ClFNO3S. The zero-order valence-electron chi connectivity index (χ0n) is 10.9. The molecule has 0 aliphatic heterocycles. The molecule has 0 fully saturated rings. The normalized spacial score (nSPS) is 11.4. The average molecular weight is 330 g/mol. The Kier molecular flexibility index (Phi) is 4.82. The van der Waals surface area contributed by atoms with Gasteiger partial charge in [0.15, 0.2) is 5.82 Å². The number of rotatable bonds is 5. The molecule has 0 bridgehead atoms. The van der Waals surface area contributed by atoms with Crippen molar-refractivity contribution in [3.05, 3.63) is 58.9 Å². The van der Waals surface area contributed by atoms with Gasteiger partial charge in [-0.3, -0.25) is 4.72 Å². The highest BCUT2D eigenvalue weighted by atomic mass is 35.5. The first-order valence-electron chi connectivity index (χ1n) is 6.10. The highest BCUT2D eigenvalue weighted by molar-refractivity contribution is 7.92. The third-order valence-electron chi connectivity index (χ3n) is 2.83. The molecule has 0 aliphatic rings. The predicted octanol–water partition coefficient (Wildman–Crippen LogP) is 2.81. The smallest absolute Gasteiger partial charge is 0.261 e. The molecule has 0 aromatic heterocycles. The van der Waals surface area contributed by atoms with Crippen LogP contribution in [-0.2, 0) is 16.4 Å². The first kappa shape index (κ1) is 15.8. The zero-order valence-corrected chi connectivity index (χ0v) is 12.5. The number of aliphatic hydroxyl groups is 1. The van der Waals surface area contributed by atoms with Crippen molar-refractivity contribution in [2.75, 3.05) is 11.3 Å². The summed E-state index contributed by atoms with van der Waals surface area (Å²) in [6.07, 6.45) is 0.441. The van der Waals surface area contributed by atoms with E-state index in [0.717, 1.165) is 5.56 Å². The van der Waals surface area contributed by atoms with Gasteiger partial charge in [0, 0.05) is 6.61 Å². The topological polar surface area (TPSA) is 66.4 Å². The van der Waals surface area contributed by atoms with Gasteiger partial charge in [-0.05, 0) is 36.2 Å². The third kappa shape index (κ3) is 3.72. The first-order chi connectivity index (χ1) is 9.94. The largest absolute Gasteiger partial charge is 0.396 e. The number of halogens is 2. The molecule has 4 nitrogen and oxygen atoms in total. The Labute approximate surface area is 127 Å². The second kappa shape index (κ2) is 6.43. The predicted molar refractivity (Wildman–Crippen MR) is 79.5 cm³/mol. The Morgan fingerprint density at radius 2 is 1.81 bits per heavy atom. The zero-order chi connectivity index (χ0) is 15.5. The molecule has 0 unspecified atom stereocenters. The standard InChI is InChI=1S/C14H13ClFNO3S/c15-12-2-1-3-13(14(12)16)17-21(19,20)11-6-4-10(5-7-11)8-9-18/h1-7,17-18H,8-9H2. The Hall–Kier alpha value is -1.63. The summed E-state index contributed by atoms with van der Waals surface area (Å²) in [4.78, 5) is 0.00330. The van der Waals surface area contributed by atoms with Crippen LogP contribution in [0.4, 0.5) is 10.1 Å². The molecule has 2 aromatic rings. The SMILES string of the molecule is O=S(=O)(Nc1cccc(Cl)c1F)c1ccc(CCO)cc1. The molecule has 7 heteroatoms. The molecule has 2 aromatic carbocycles. The van der Waals surface area contributed by atoms with Crippen LogP contribution in [-0.4, -0.2) is 20.1 Å². The molecular weight excluding hydrogens is 317 g/mol. The van der Waals surface area contributed by atoms with E-state index in [9.17, 15) is 12.8 Å². The van der Waals surface area contributed by atoms with Gasteiger partial charge in [-0.2, -0.15) is 0 Å². The second-order valence-electron chi connectivity index (χ2n) is 4.32. The third-order valence-corrected chi connectivity index (χ3v) is 4.50. The quantitative estimate of drug-likeness (QED) is 0.886. The van der Waals surface area contributed by atoms with E-state index in [0.29, 0.717) is 6.42 Å². The first-order valence-corrected chi connectivity index (χ1v) is 7.97. The second-order valence-corrected chi connectivity index (χ2v) is 6.41. The summed E-state index contributed by atoms with van der Waals surface area (Å²) in [5, 5.41) is 8.66. The van der Waals surface area contributed by atoms with E-state index >= 15 is 0 Å². The van der Waals surface area contributed by atoms with Crippen molar-refractivity contribution in [3.63, 3.8) is 0 Å². The summed E-state index contributed by atoms with van der Waals surface area (Å²) in [7, 11) is -3.90. The van der Waals surface area contributed by atoms with Gasteiger partial charge in [-0.1, -0.05) is 29.8 Å². The van der Waals surface area contributed by atoms with Crippen molar-refractivity contribution in [1.29, 1.82) is 0 Å². The summed E-state index contributed by atoms with van der Waals surface area (Å²) in [6, 6.07) is 10.1. The van der Waals surface area contributed by atoms with E-state index in [4.69, 9.17) is 16.7 Å². The number of sulfonamides is 1. The van der Waals surface area contributed by atoms with Gasteiger partial charge in [-0.25, -0.2) is 12.8 Å². The maximum atomic E-state index is 13.7. The van der Waals surface area contributed by atoms with Crippen LogP contribution >= 0.6 is 11.6 Å². The van der Waals surface area contributed by atoms with Crippen LogP contribution in [0.3, 0.4) is 0 Å². The van der Waals surface area contributed by atoms with Gasteiger partial charge in [-0.15, -0.1) is 0 Å². The van der Waals surface area contributed by atoms with Crippen LogP contribution in [0.5, 0.6) is 0 Å². The maximum Gasteiger partial charge on any atom is 0.261 e. The number of anilines is 1. The number of hydrogen-bond donors (Lipinski definition) is 2. The number of benzene rings is 2. The maximum absolute atomic E-state index is 13.7. The molecule has 0 heterocycles. The van der Waals surface area contributed by atoms with Gasteiger partial charge in [0.05, 0.1) is 15.6 Å². The van der Waals surface area contributed by atoms with Gasteiger partial charge in [0.2, 0.25) is 0 Å². The van der Waals surface area contributed by atoms with E-state index in [2.05, 4.69) is 4.72 Å². The molecule has 2 rings (SSSR count). The van der Waals surface area contributed by atoms with Crippen LogP contribution in [0.1, 0.15) is 5.56 Å². The molecule has 2 N–H and O–H groups in total. The van der Waals surface area contributed by atoms with E-state index in [-0.39, 0.29) is 22.2 Å². The van der Waals surface area contributed by atoms with Gasteiger partial charge in [0.25, 0.3) is 10.0 Å². The van der Waals surface area contributed by atoms with Crippen molar-refractivity contribution >= 4 is 27.3 Å². The van der Waals surface area contributed by atoms with E-state index in [1.54, 1.807) is 12.1 Å². The molecule has 0 spiro atoms. The minimum absolute atomic E-state index is 0.00330. The number of hydrogen-bond acceptors (Lipinski definition) is 3. The van der Waals surface area contributed by atoms with Crippen molar-refractivity contribution in [2.45, 2.75) is 11.3 Å². The molecule has 0 saturated heterocycles. The summed E-state index contributed by atoms with van der Waals surface area (Å²) in [5.41, 5.74) is 0.604. The van der Waals surface area contributed by atoms with Crippen LogP contribution in [0, 0.1) is 5.82 Å².